The minimum atomic E-state index is -1.19. The number of fused-ring (bicyclic) bond motifs is 1. The Hall–Kier alpha value is -4.27. The van der Waals surface area contributed by atoms with Gasteiger partial charge in [0.15, 0.2) is 5.65 Å². The third-order valence-electron chi connectivity index (χ3n) is 6.49. The number of anilines is 2. The summed E-state index contributed by atoms with van der Waals surface area (Å²) < 4.78 is 16.1. The third kappa shape index (κ3) is 4.21. The summed E-state index contributed by atoms with van der Waals surface area (Å²) in [6.07, 6.45) is 4.16. The van der Waals surface area contributed by atoms with Crippen LogP contribution in [0, 0.1) is 12.7 Å². The molecular formula is C26H24FN5O3. The summed E-state index contributed by atoms with van der Waals surface area (Å²) in [5.41, 5.74) is 1.99. The van der Waals surface area contributed by atoms with E-state index in [-0.39, 0.29) is 34.2 Å². The summed E-state index contributed by atoms with van der Waals surface area (Å²) in [6, 6.07) is 15.1. The van der Waals surface area contributed by atoms with Crippen LogP contribution < -0.4 is 5.32 Å². The molecule has 1 fully saturated rings. The number of carbonyl (C=O) groups is 2. The summed E-state index contributed by atoms with van der Waals surface area (Å²) in [6.45, 7) is 2.77. The summed E-state index contributed by atoms with van der Waals surface area (Å²) in [4.78, 5) is 31.2. The molecular weight excluding hydrogens is 449 g/mol. The molecule has 4 aromatic rings. The van der Waals surface area contributed by atoms with Crippen LogP contribution >= 0.6 is 0 Å². The molecule has 2 N–H and O–H groups in total. The molecule has 5 rings (SSSR count). The summed E-state index contributed by atoms with van der Waals surface area (Å²) in [5.74, 6) is -1.38. The number of piperidine rings is 1. The minimum Gasteiger partial charge on any atom is -0.477 e. The van der Waals surface area contributed by atoms with Crippen LogP contribution in [0.3, 0.4) is 0 Å². The third-order valence-corrected chi connectivity index (χ3v) is 6.49. The van der Waals surface area contributed by atoms with Crippen LogP contribution in [0.25, 0.3) is 5.65 Å². The monoisotopic (exact) mass is 473 g/mol. The van der Waals surface area contributed by atoms with E-state index < -0.39 is 11.8 Å². The summed E-state index contributed by atoms with van der Waals surface area (Å²) >= 11 is 0. The van der Waals surface area contributed by atoms with Crippen LogP contribution in [0.5, 0.6) is 0 Å². The highest BCUT2D eigenvalue weighted by molar-refractivity contribution is 6.01. The average molecular weight is 474 g/mol. The van der Waals surface area contributed by atoms with E-state index in [1.165, 1.54) is 22.5 Å². The van der Waals surface area contributed by atoms with E-state index >= 15 is 0 Å². The molecule has 2 aromatic heterocycles. The lowest BCUT2D eigenvalue weighted by molar-refractivity contribution is 0.0695. The van der Waals surface area contributed by atoms with Crippen LogP contribution in [0.15, 0.2) is 60.9 Å². The van der Waals surface area contributed by atoms with Crippen LogP contribution in [-0.2, 0) is 0 Å². The minimum absolute atomic E-state index is 0.0624. The number of aromatic carboxylic acids is 1. The van der Waals surface area contributed by atoms with Crippen LogP contribution in [0.4, 0.5) is 15.9 Å². The normalized spacial score (nSPS) is 14.3. The van der Waals surface area contributed by atoms with E-state index in [2.05, 4.69) is 27.5 Å². The number of carboxylic acid groups (broad SMARTS) is 1. The number of nitrogens with zero attached hydrogens (tertiary/aromatic N) is 4. The van der Waals surface area contributed by atoms with Crippen molar-refractivity contribution in [2.75, 3.05) is 18.4 Å². The Balaban J connectivity index is 1.49. The number of halogens is 1. The maximum Gasteiger partial charge on any atom is 0.341 e. The fourth-order valence-corrected chi connectivity index (χ4v) is 4.54. The van der Waals surface area contributed by atoms with E-state index in [1.807, 2.05) is 18.2 Å². The van der Waals surface area contributed by atoms with E-state index in [9.17, 15) is 19.1 Å². The molecule has 0 spiro atoms. The number of hydrogen-bond donors (Lipinski definition) is 2. The molecule has 1 amide bonds. The van der Waals surface area contributed by atoms with E-state index in [0.29, 0.717) is 24.6 Å². The first-order valence-electron chi connectivity index (χ1n) is 11.4. The number of likely N-dealkylation sites (tertiary alicyclic amines) is 1. The zero-order valence-corrected chi connectivity index (χ0v) is 19.1. The highest BCUT2D eigenvalue weighted by atomic mass is 19.1. The number of carboxylic acids is 1. The van der Waals surface area contributed by atoms with Crippen LogP contribution in [-0.4, -0.2) is 49.6 Å². The first-order chi connectivity index (χ1) is 16.9. The second-order valence-corrected chi connectivity index (χ2v) is 8.66. The highest BCUT2D eigenvalue weighted by Gasteiger charge is 2.28. The van der Waals surface area contributed by atoms with Gasteiger partial charge in [-0.05, 0) is 42.9 Å². The van der Waals surface area contributed by atoms with Crippen molar-refractivity contribution in [1.82, 2.24) is 19.5 Å². The molecule has 1 saturated heterocycles. The van der Waals surface area contributed by atoms with Crippen molar-refractivity contribution in [3.05, 3.63) is 89.0 Å². The zero-order chi connectivity index (χ0) is 24.5. The Morgan fingerprint density at radius 2 is 1.77 bits per heavy atom. The smallest absolute Gasteiger partial charge is 0.341 e. The molecule has 35 heavy (non-hydrogen) atoms. The van der Waals surface area contributed by atoms with Crippen molar-refractivity contribution < 1.29 is 19.1 Å². The lowest BCUT2D eigenvalue weighted by Gasteiger charge is -2.32. The van der Waals surface area contributed by atoms with Crippen molar-refractivity contribution in [1.29, 1.82) is 0 Å². The van der Waals surface area contributed by atoms with Gasteiger partial charge in [-0.25, -0.2) is 14.2 Å². The molecule has 0 bridgehead atoms. The molecule has 0 aliphatic carbocycles. The number of aromatic nitrogens is 3. The molecule has 8 nitrogen and oxygen atoms in total. The van der Waals surface area contributed by atoms with E-state index in [1.54, 1.807) is 30.0 Å². The number of rotatable bonds is 5. The van der Waals surface area contributed by atoms with Crippen LogP contribution in [0.2, 0.25) is 0 Å². The average Bonchev–Trinajstić information content (AvgIpc) is 3.32. The van der Waals surface area contributed by atoms with Crippen molar-refractivity contribution >= 4 is 29.0 Å². The molecule has 178 valence electrons. The van der Waals surface area contributed by atoms with Gasteiger partial charge >= 0.3 is 5.97 Å². The molecule has 1 aliphatic rings. The molecule has 9 heteroatoms. The van der Waals surface area contributed by atoms with Gasteiger partial charge in [-0.15, -0.1) is 0 Å². The number of aryl methyl sites for hydroxylation is 1. The zero-order valence-electron chi connectivity index (χ0n) is 19.1. The number of nitrogens with one attached hydrogen (secondary N) is 1. The van der Waals surface area contributed by atoms with Crippen molar-refractivity contribution in [2.45, 2.75) is 25.7 Å². The number of amides is 1. The number of carbonyl (C=O) groups excluding carboxylic acids is 1. The maximum atomic E-state index is 14.8. The summed E-state index contributed by atoms with van der Waals surface area (Å²) in [7, 11) is 0. The van der Waals surface area contributed by atoms with Gasteiger partial charge in [-0.3, -0.25) is 4.79 Å². The predicted molar refractivity (Wildman–Crippen MR) is 129 cm³/mol. The number of hydrogen-bond acceptors (Lipinski definition) is 5. The topological polar surface area (TPSA) is 99.8 Å². The fraction of sp³-hybridized carbons (Fsp3) is 0.231. The van der Waals surface area contributed by atoms with Gasteiger partial charge in [0.05, 0.1) is 11.9 Å². The predicted octanol–water partition coefficient (Wildman–Crippen LogP) is 4.64. The first-order valence-corrected chi connectivity index (χ1v) is 11.4. The lowest BCUT2D eigenvalue weighted by Crippen LogP contribution is -2.38. The fourth-order valence-electron chi connectivity index (χ4n) is 4.54. The Morgan fingerprint density at radius 3 is 2.49 bits per heavy atom. The molecule has 1 aliphatic heterocycles. The Bertz CT molecular complexity index is 1410. The lowest BCUT2D eigenvalue weighted by atomic mass is 9.89. The Morgan fingerprint density at radius 1 is 1.03 bits per heavy atom. The number of benzene rings is 2. The molecule has 3 heterocycles. The second kappa shape index (κ2) is 9.17. The van der Waals surface area contributed by atoms with Gasteiger partial charge in [0, 0.05) is 19.3 Å². The van der Waals surface area contributed by atoms with Gasteiger partial charge in [0.25, 0.3) is 5.91 Å². The first kappa shape index (κ1) is 22.5. The Labute approximate surface area is 201 Å². The molecule has 0 unspecified atom stereocenters. The van der Waals surface area contributed by atoms with Crippen molar-refractivity contribution in [2.24, 2.45) is 0 Å². The van der Waals surface area contributed by atoms with E-state index in [4.69, 9.17) is 0 Å². The Kier molecular flexibility index (Phi) is 5.90. The standard InChI is InChI=1S/C26H24FN5O3/c1-16-6-5-9-21(22(16)27)30-24-19(14-28-23-20(26(34)35)15-29-32(23)24)25(33)31-12-10-18(11-13-31)17-7-3-2-4-8-17/h2-9,14-15,18,30H,10-13H2,1H3,(H,34,35). The SMILES string of the molecule is Cc1cccc(Nc2c(C(=O)N3CCC(c4ccccc4)CC3)cnc3c(C(=O)O)cnn23)c1F. The van der Waals surface area contributed by atoms with Gasteiger partial charge < -0.3 is 15.3 Å². The highest BCUT2D eigenvalue weighted by Crippen LogP contribution is 2.31. The largest absolute Gasteiger partial charge is 0.477 e. The molecule has 0 atom stereocenters. The maximum absolute atomic E-state index is 14.8. The summed E-state index contributed by atoms with van der Waals surface area (Å²) in [5, 5.41) is 16.6. The van der Waals surface area contributed by atoms with Gasteiger partial charge in [-0.1, -0.05) is 42.5 Å². The van der Waals surface area contributed by atoms with Gasteiger partial charge in [-0.2, -0.15) is 9.61 Å². The van der Waals surface area contributed by atoms with E-state index in [0.717, 1.165) is 12.8 Å². The second-order valence-electron chi connectivity index (χ2n) is 8.66. The molecule has 2 aromatic carbocycles. The molecule has 0 radical (unpaired) electrons. The van der Waals surface area contributed by atoms with Crippen LogP contribution in [0.1, 0.15) is 50.6 Å². The van der Waals surface area contributed by atoms with Gasteiger partial charge in [0.2, 0.25) is 0 Å². The molecule has 0 saturated carbocycles. The quantitative estimate of drug-likeness (QED) is 0.438. The van der Waals surface area contributed by atoms with Gasteiger partial charge in [0.1, 0.15) is 22.8 Å². The van der Waals surface area contributed by atoms with Crippen molar-refractivity contribution in [3.8, 4) is 0 Å². The van der Waals surface area contributed by atoms with Crippen molar-refractivity contribution in [3.63, 3.8) is 0 Å².